The maximum absolute atomic E-state index is 12.6. The van der Waals surface area contributed by atoms with Crippen molar-refractivity contribution >= 4 is 33.4 Å². The van der Waals surface area contributed by atoms with Crippen molar-refractivity contribution in [1.82, 2.24) is 0 Å². The van der Waals surface area contributed by atoms with E-state index in [9.17, 15) is 9.59 Å². The van der Waals surface area contributed by atoms with E-state index < -0.39 is 0 Å². The van der Waals surface area contributed by atoms with Gasteiger partial charge in [-0.2, -0.15) is 0 Å². The molecule has 0 aromatic heterocycles. The monoisotopic (exact) mass is 333 g/mol. The molecule has 0 spiro atoms. The van der Waals surface area contributed by atoms with Gasteiger partial charge in [-0.05, 0) is 24.6 Å². The molecule has 4 rings (SSSR count). The average Bonchev–Trinajstić information content (AvgIpc) is 3.08. The van der Waals surface area contributed by atoms with E-state index in [-0.39, 0.29) is 35.9 Å². The van der Waals surface area contributed by atoms with Gasteiger partial charge in [0.2, 0.25) is 11.8 Å². The summed E-state index contributed by atoms with van der Waals surface area (Å²) in [7, 11) is 0. The Bertz CT molecular complexity index is 639. The van der Waals surface area contributed by atoms with Gasteiger partial charge in [0.05, 0.1) is 29.7 Å². The molecule has 3 aliphatic rings. The second-order valence-corrected chi connectivity index (χ2v) is 6.30. The lowest BCUT2D eigenvalue weighted by Gasteiger charge is -2.18. The largest absolute Gasteiger partial charge is 0.365 e. The summed E-state index contributed by atoms with van der Waals surface area (Å²) in [6.45, 7) is 1.97. The molecule has 2 saturated heterocycles. The van der Waals surface area contributed by atoms with Crippen LogP contribution in [-0.4, -0.2) is 24.0 Å². The van der Waals surface area contributed by atoms with Crippen molar-refractivity contribution in [3.05, 3.63) is 40.4 Å². The van der Waals surface area contributed by atoms with E-state index in [4.69, 9.17) is 4.74 Å². The van der Waals surface area contributed by atoms with Gasteiger partial charge in [-0.15, -0.1) is 0 Å². The second-order valence-electron chi connectivity index (χ2n) is 5.45. The molecule has 20 heavy (non-hydrogen) atoms. The maximum atomic E-state index is 12.6. The van der Waals surface area contributed by atoms with Gasteiger partial charge in [0.1, 0.15) is 0 Å². The van der Waals surface area contributed by atoms with Crippen LogP contribution in [0.4, 0.5) is 5.69 Å². The molecule has 0 radical (unpaired) electrons. The summed E-state index contributed by atoms with van der Waals surface area (Å²) in [5.41, 5.74) is 1.70. The first-order valence-corrected chi connectivity index (χ1v) is 7.35. The van der Waals surface area contributed by atoms with E-state index in [1.807, 2.05) is 37.3 Å². The molecule has 4 nitrogen and oxygen atoms in total. The minimum atomic E-state index is -0.349. The minimum absolute atomic E-state index is 0.146. The third-order valence-corrected chi connectivity index (χ3v) is 5.18. The molecule has 2 bridgehead atoms. The number of carbonyl (C=O) groups is 2. The second kappa shape index (κ2) is 4.02. The number of nitrogens with zero attached hydrogens (tertiary/aromatic N) is 1. The third-order valence-electron chi connectivity index (χ3n) is 4.32. The van der Waals surface area contributed by atoms with E-state index in [1.165, 1.54) is 4.90 Å². The molecule has 0 N–H and O–H groups in total. The maximum Gasteiger partial charge on any atom is 0.240 e. The van der Waals surface area contributed by atoms with Gasteiger partial charge in [-0.25, -0.2) is 4.90 Å². The van der Waals surface area contributed by atoms with E-state index >= 15 is 0 Å². The van der Waals surface area contributed by atoms with Gasteiger partial charge in [0.25, 0.3) is 0 Å². The topological polar surface area (TPSA) is 46.6 Å². The lowest BCUT2D eigenvalue weighted by Crippen LogP contribution is -2.34. The van der Waals surface area contributed by atoms with Crippen LogP contribution in [-0.2, 0) is 14.3 Å². The van der Waals surface area contributed by atoms with Crippen molar-refractivity contribution < 1.29 is 14.3 Å². The van der Waals surface area contributed by atoms with Crippen LogP contribution in [0.25, 0.3) is 0 Å². The summed E-state index contributed by atoms with van der Waals surface area (Å²) < 4.78 is 6.51. The predicted octanol–water partition coefficient (Wildman–Crippen LogP) is 2.20. The van der Waals surface area contributed by atoms with Gasteiger partial charge >= 0.3 is 0 Å². The number of halogens is 1. The fourth-order valence-electron chi connectivity index (χ4n) is 3.28. The van der Waals surface area contributed by atoms with Gasteiger partial charge in [-0.3, -0.25) is 9.59 Å². The molecule has 5 heteroatoms. The molecule has 2 amide bonds. The molecule has 2 fully saturated rings. The van der Waals surface area contributed by atoms with Crippen molar-refractivity contribution in [2.45, 2.75) is 19.1 Å². The standard InChI is InChI=1S/C15H12BrNO3/c1-7-2-3-8(6-9(7)16)17-14(18)12-10-4-5-11(20-10)13(12)15(17)19/h2-6,10-13H,1H3/t10-,11-,12-,13-/m1/s1. The zero-order chi connectivity index (χ0) is 14.0. The number of benzene rings is 1. The van der Waals surface area contributed by atoms with Crippen molar-refractivity contribution in [2.24, 2.45) is 11.8 Å². The summed E-state index contributed by atoms with van der Waals surface area (Å²) in [6.07, 6.45) is 3.32. The smallest absolute Gasteiger partial charge is 0.240 e. The van der Waals surface area contributed by atoms with E-state index in [2.05, 4.69) is 15.9 Å². The predicted molar refractivity (Wildman–Crippen MR) is 76.2 cm³/mol. The zero-order valence-corrected chi connectivity index (χ0v) is 12.3. The van der Waals surface area contributed by atoms with Crippen LogP contribution < -0.4 is 4.90 Å². The Kier molecular flexibility index (Phi) is 2.47. The number of ether oxygens (including phenoxy) is 1. The molecule has 0 unspecified atom stereocenters. The number of rotatable bonds is 1. The summed E-state index contributed by atoms with van der Waals surface area (Å²) in [5.74, 6) is -0.990. The van der Waals surface area contributed by atoms with Crippen LogP contribution in [0.15, 0.2) is 34.8 Å². The number of carbonyl (C=O) groups excluding carboxylic acids is 2. The van der Waals surface area contributed by atoms with Crippen molar-refractivity contribution in [3.8, 4) is 0 Å². The zero-order valence-electron chi connectivity index (χ0n) is 10.7. The van der Waals surface area contributed by atoms with Crippen molar-refractivity contribution in [3.63, 3.8) is 0 Å². The van der Waals surface area contributed by atoms with Crippen molar-refractivity contribution in [1.29, 1.82) is 0 Å². The lowest BCUT2D eigenvalue weighted by atomic mass is 9.85. The van der Waals surface area contributed by atoms with Crippen LogP contribution in [0.5, 0.6) is 0 Å². The molecule has 102 valence electrons. The molecule has 1 aromatic carbocycles. The van der Waals surface area contributed by atoms with Crippen molar-refractivity contribution in [2.75, 3.05) is 4.90 Å². The normalized spacial score (nSPS) is 34.2. The number of hydrogen-bond donors (Lipinski definition) is 0. The highest BCUT2D eigenvalue weighted by atomic mass is 79.9. The summed E-state index contributed by atoms with van der Waals surface area (Å²) in [6, 6.07) is 5.53. The van der Waals surface area contributed by atoms with Gasteiger partial charge < -0.3 is 4.74 Å². The molecule has 3 heterocycles. The Balaban J connectivity index is 1.76. The van der Waals surface area contributed by atoms with Crippen LogP contribution in [0.2, 0.25) is 0 Å². The SMILES string of the molecule is Cc1ccc(N2C(=O)[C@H]3[C@H](C2=O)[C@H]2C=C[C@H]3O2)cc1Br. The fraction of sp³-hybridized carbons (Fsp3) is 0.333. The number of amides is 2. The Morgan fingerprint density at radius 1 is 1.10 bits per heavy atom. The van der Waals surface area contributed by atoms with Crippen LogP contribution in [0, 0.1) is 18.8 Å². The molecular formula is C15H12BrNO3. The summed E-state index contributed by atoms with van der Waals surface area (Å²) in [4.78, 5) is 26.4. The highest BCUT2D eigenvalue weighted by Gasteiger charge is 2.60. The fourth-order valence-corrected chi connectivity index (χ4v) is 3.65. The molecule has 1 aromatic rings. The Labute approximate surface area is 124 Å². The number of fused-ring (bicyclic) bond motifs is 5. The first-order valence-electron chi connectivity index (χ1n) is 6.55. The molecule has 0 aliphatic carbocycles. The van der Waals surface area contributed by atoms with Gasteiger partial charge in [0, 0.05) is 4.47 Å². The number of anilines is 1. The quantitative estimate of drug-likeness (QED) is 0.584. The molecule has 3 aliphatic heterocycles. The molecule has 0 saturated carbocycles. The summed E-state index contributed by atoms with van der Waals surface area (Å²) in [5, 5.41) is 0. The highest BCUT2D eigenvalue weighted by Crippen LogP contribution is 2.46. The molecular weight excluding hydrogens is 322 g/mol. The van der Waals surface area contributed by atoms with E-state index in [0.717, 1.165) is 10.0 Å². The summed E-state index contributed by atoms with van der Waals surface area (Å²) >= 11 is 3.44. The molecule has 4 atom stereocenters. The third kappa shape index (κ3) is 1.45. The number of imide groups is 1. The van der Waals surface area contributed by atoms with Crippen LogP contribution in [0.3, 0.4) is 0 Å². The first-order chi connectivity index (χ1) is 9.58. The lowest BCUT2D eigenvalue weighted by molar-refractivity contribution is -0.124. The van der Waals surface area contributed by atoms with Crippen LogP contribution >= 0.6 is 15.9 Å². The van der Waals surface area contributed by atoms with E-state index in [0.29, 0.717) is 5.69 Å². The van der Waals surface area contributed by atoms with Gasteiger partial charge in [0.15, 0.2) is 0 Å². The average molecular weight is 334 g/mol. The minimum Gasteiger partial charge on any atom is -0.365 e. The number of aryl methyl sites for hydroxylation is 1. The Hall–Kier alpha value is -1.46. The highest BCUT2D eigenvalue weighted by molar-refractivity contribution is 9.10. The van der Waals surface area contributed by atoms with Gasteiger partial charge in [-0.1, -0.05) is 34.1 Å². The Morgan fingerprint density at radius 2 is 1.70 bits per heavy atom. The first kappa shape index (κ1) is 12.3. The number of hydrogen-bond acceptors (Lipinski definition) is 3. The van der Waals surface area contributed by atoms with E-state index in [1.54, 1.807) is 0 Å². The Morgan fingerprint density at radius 3 is 2.25 bits per heavy atom. The van der Waals surface area contributed by atoms with Crippen LogP contribution in [0.1, 0.15) is 5.56 Å².